The first-order valence-electron chi connectivity index (χ1n) is 38.2. The van der Waals surface area contributed by atoms with Crippen molar-refractivity contribution >= 4 is 145 Å². The minimum absolute atomic E-state index is 0.0754. The summed E-state index contributed by atoms with van der Waals surface area (Å²) in [5, 5.41) is 27.9. The van der Waals surface area contributed by atoms with Gasteiger partial charge < -0.3 is 62.4 Å². The van der Waals surface area contributed by atoms with Gasteiger partial charge in [-0.05, 0) is 349 Å². The van der Waals surface area contributed by atoms with E-state index in [0.29, 0.717) is 53.9 Å². The van der Waals surface area contributed by atoms with Crippen molar-refractivity contribution in [3.8, 4) is 125 Å². The standard InChI is InChI=1S/C20H26BNO3.C20H19BrN2O2.C16H11BrN2O2.C14H14BrNO.C9H11BBrO3.C6H5BrINO.C6H6INO/c1-6-11-23-18-13-16(15-7-9-22-10-8-15)12-17(14-18)21-24-19(2,3)20(4,5)25-21;1-3-9-25-17-11-15(14-5-4-8-22-13-14)10-16(12-17)18-6-7-19(24-2)20(21)23-18;17-16-15(21)4-3-14(19-16)12-6-11(7-13(20)8-12)10-2-1-5-18-9-10;1-2-7-17-14-9-12(8-13(15)10-14)11-3-5-16-6-4-11;1-2-3-13-8-4-7(11)5-9(6-8)14-10-12;1-10-4-2-3-5(8)9-6(4)7;1-9-5-2-3-6(7)8-4-5/h7-10,12-14H,6,11H2,1-5H3;4-8,10-13H,3,9H2,1-2H3;1-9,20-21H;3-6,8-10H,2,7H2,1H3;4-6,12H,2-3H2,1H3;2-3H,1H3;2-4H,1H3. The number of halogens is 7. The number of hydrogen-bond donors (Lipinski definition) is 3. The fourth-order valence-corrected chi connectivity index (χ4v) is 14.2. The Morgan fingerprint density at radius 2 is 0.818 bits per heavy atom. The molecule has 1 aliphatic rings. The van der Waals surface area contributed by atoms with Gasteiger partial charge in [0.25, 0.3) is 0 Å². The lowest BCUT2D eigenvalue weighted by Crippen LogP contribution is -2.41. The summed E-state index contributed by atoms with van der Waals surface area (Å²) in [6.07, 6.45) is 19.8. The molecule has 3 N–H and O–H groups in total. The topological polar surface area (TPSA) is 256 Å². The van der Waals surface area contributed by atoms with E-state index in [1.165, 1.54) is 0 Å². The van der Waals surface area contributed by atoms with Crippen LogP contribution in [-0.2, 0) is 9.31 Å². The van der Waals surface area contributed by atoms with Crippen molar-refractivity contribution in [3.63, 3.8) is 0 Å². The van der Waals surface area contributed by atoms with Crippen molar-refractivity contribution in [1.29, 1.82) is 0 Å². The van der Waals surface area contributed by atoms with Crippen molar-refractivity contribution in [1.82, 2.24) is 39.9 Å². The third kappa shape index (κ3) is 31.8. The molecule has 30 heteroatoms. The Morgan fingerprint density at radius 1 is 0.388 bits per heavy atom. The number of nitrogens with zero attached hydrogens (tertiary/aromatic N) is 8. The average molecular weight is 2180 g/mol. The third-order valence-corrected chi connectivity index (χ3v) is 21.4. The van der Waals surface area contributed by atoms with Crippen molar-refractivity contribution in [3.05, 3.63) is 274 Å². The molecule has 0 bridgehead atoms. The van der Waals surface area contributed by atoms with Gasteiger partial charge in [0, 0.05) is 86.8 Å². The zero-order chi connectivity index (χ0) is 87.3. The molecule has 9 heterocycles. The molecule has 1 saturated heterocycles. The van der Waals surface area contributed by atoms with E-state index in [1.807, 2.05) is 134 Å². The van der Waals surface area contributed by atoms with Gasteiger partial charge in [-0.25, -0.2) is 19.9 Å². The summed E-state index contributed by atoms with van der Waals surface area (Å²) in [4.78, 5) is 33.4. The first-order valence-corrected chi connectivity index (χ1v) is 44.4. The van der Waals surface area contributed by atoms with Gasteiger partial charge in [-0.3, -0.25) is 19.9 Å². The quantitative estimate of drug-likeness (QED) is 0.0289. The molecule has 13 aromatic rings. The normalized spacial score (nSPS) is 11.8. The molecular formula is C91H92B2Br5I2N8O13. The van der Waals surface area contributed by atoms with Gasteiger partial charge in [-0.1, -0.05) is 77.8 Å². The molecule has 121 heavy (non-hydrogen) atoms. The number of hydrogen-bond acceptors (Lipinski definition) is 21. The second kappa shape index (κ2) is 50.7. The van der Waals surface area contributed by atoms with Crippen molar-refractivity contribution in [2.75, 3.05) is 47.8 Å². The smallest absolute Gasteiger partial charge is 0.537 e. The molecule has 0 saturated carbocycles. The molecule has 1 fully saturated rings. The van der Waals surface area contributed by atoms with Gasteiger partial charge in [0.15, 0.2) is 11.5 Å². The molecule has 21 nitrogen and oxygen atoms in total. The zero-order valence-corrected chi connectivity index (χ0v) is 80.8. The molecule has 1 aliphatic heterocycles. The fourth-order valence-electron chi connectivity index (χ4n) is 10.9. The summed E-state index contributed by atoms with van der Waals surface area (Å²) in [6.45, 7) is 19.3. The number of methoxy groups -OCH3 is 3. The molecule has 14 rings (SSSR count). The molecule has 0 unspecified atom stereocenters. The van der Waals surface area contributed by atoms with E-state index in [9.17, 15) is 10.2 Å². The van der Waals surface area contributed by atoms with Gasteiger partial charge in [-0.15, -0.1) is 0 Å². The van der Waals surface area contributed by atoms with Crippen LogP contribution in [0.3, 0.4) is 0 Å². The first-order chi connectivity index (χ1) is 58.3. The highest BCUT2D eigenvalue weighted by Gasteiger charge is 2.52. The first kappa shape index (κ1) is 97.6. The summed E-state index contributed by atoms with van der Waals surface area (Å²) < 4.78 is 60.8. The van der Waals surface area contributed by atoms with E-state index in [0.717, 1.165) is 155 Å². The summed E-state index contributed by atoms with van der Waals surface area (Å²) in [7, 11) is 5.11. The number of aromatic nitrogens is 8. The van der Waals surface area contributed by atoms with Gasteiger partial charge in [0.1, 0.15) is 67.2 Å². The largest absolute Gasteiger partial charge is 0.569 e. The van der Waals surface area contributed by atoms with Gasteiger partial charge in [0.05, 0.1) is 76.5 Å². The molecule has 0 spiro atoms. The van der Waals surface area contributed by atoms with Crippen LogP contribution in [-0.4, -0.2) is 129 Å². The number of pyridine rings is 8. The highest BCUT2D eigenvalue weighted by atomic mass is 127. The van der Waals surface area contributed by atoms with Gasteiger partial charge in [0.2, 0.25) is 0 Å². The van der Waals surface area contributed by atoms with Crippen LogP contribution in [0, 0.1) is 7.40 Å². The summed E-state index contributed by atoms with van der Waals surface area (Å²) >= 11 is 21.0. The highest BCUT2D eigenvalue weighted by Crippen LogP contribution is 2.39. The monoisotopic (exact) mass is 2180 g/mol. The summed E-state index contributed by atoms with van der Waals surface area (Å²) in [6, 6.07) is 59.3. The lowest BCUT2D eigenvalue weighted by atomic mass is 9.77. The number of aromatic hydroxyl groups is 2. The van der Waals surface area contributed by atoms with Gasteiger partial charge >= 0.3 is 14.8 Å². The minimum Gasteiger partial charge on any atom is -0.537 e. The molecule has 0 amide bonds. The predicted octanol–water partition coefficient (Wildman–Crippen LogP) is 23.8. The van der Waals surface area contributed by atoms with E-state index in [2.05, 4.69) is 244 Å². The molecule has 0 atom stereocenters. The molecule has 629 valence electrons. The maximum Gasteiger partial charge on any atom is 0.569 e. The van der Waals surface area contributed by atoms with E-state index in [4.69, 9.17) is 52.1 Å². The van der Waals surface area contributed by atoms with Crippen molar-refractivity contribution < 1.29 is 62.4 Å². The SMILES string of the molecule is CCCOc1cc(-c2cccnc2)cc(-c2ccc(OC)c(Br)n2)c1.CCCOc1cc(B2OC(C)(C)C(C)(C)O2)cc(-c2ccncc2)c1.CCCOc1cc(Br)cc(-c2ccncc2)c1.CCCOc1cc(Br)cc(O[B]O)c1.COc1ccc(I)nc1.COc1ccc(I)nc1Br.Oc1cc(-c2cccnc2)cc(-c2ccc(O)c(Br)n2)c1. The maximum atomic E-state index is 9.93. The van der Waals surface area contributed by atoms with Crippen LogP contribution in [0.2, 0.25) is 0 Å². The van der Waals surface area contributed by atoms with Gasteiger partial charge in [-0.2, -0.15) is 0 Å². The second-order valence-electron chi connectivity index (χ2n) is 27.1. The molecular weight excluding hydrogens is 2090 g/mol. The van der Waals surface area contributed by atoms with Crippen LogP contribution >= 0.6 is 125 Å². The Labute approximate surface area is 778 Å². The Kier molecular flexibility index (Phi) is 40.9. The van der Waals surface area contributed by atoms with E-state index in [1.54, 1.807) is 107 Å². The maximum absolute atomic E-state index is 9.93. The van der Waals surface area contributed by atoms with Crippen molar-refractivity contribution in [2.45, 2.75) is 92.3 Å². The highest BCUT2D eigenvalue weighted by molar-refractivity contribution is 14.1. The fraction of sp³-hybridized carbons (Fsp3) is 0.231. The summed E-state index contributed by atoms with van der Waals surface area (Å²) in [5.41, 5.74) is 11.8. The number of phenolic OH excluding ortho intramolecular Hbond substituents is 1. The average Bonchev–Trinajstić information content (AvgIpc) is 1.62. The van der Waals surface area contributed by atoms with Crippen LogP contribution in [0.25, 0.3) is 67.0 Å². The van der Waals surface area contributed by atoms with Crippen LogP contribution in [0.4, 0.5) is 0 Å². The van der Waals surface area contributed by atoms with Crippen LogP contribution < -0.4 is 43.3 Å². The lowest BCUT2D eigenvalue weighted by molar-refractivity contribution is 0.00578. The third-order valence-electron chi connectivity index (χ3n) is 17.5. The molecule has 1 radical (unpaired) electrons. The second-order valence-corrected chi connectivity index (χ2v) is 33.4. The number of benzene rings is 5. The Morgan fingerprint density at radius 3 is 1.29 bits per heavy atom. The minimum atomic E-state index is -0.407. The van der Waals surface area contributed by atoms with Crippen LogP contribution in [0.1, 0.15) is 81.1 Å². The predicted molar refractivity (Wildman–Crippen MR) is 514 cm³/mol. The number of phenols is 1. The molecule has 5 aromatic carbocycles. The Hall–Kier alpha value is -8.83. The number of rotatable bonds is 24. The summed E-state index contributed by atoms with van der Waals surface area (Å²) in [5.74, 6) is 6.31. The van der Waals surface area contributed by atoms with E-state index >= 15 is 0 Å². The van der Waals surface area contributed by atoms with Crippen LogP contribution in [0.5, 0.6) is 57.5 Å². The van der Waals surface area contributed by atoms with E-state index < -0.39 is 7.12 Å². The Bertz CT molecular complexity index is 5340. The Balaban J connectivity index is 0.000000180. The zero-order valence-electron chi connectivity index (χ0n) is 68.6. The molecule has 0 aliphatic carbocycles. The lowest BCUT2D eigenvalue weighted by Gasteiger charge is -2.32. The van der Waals surface area contributed by atoms with E-state index in [-0.39, 0.29) is 22.7 Å². The van der Waals surface area contributed by atoms with Crippen molar-refractivity contribution in [2.24, 2.45) is 0 Å². The van der Waals surface area contributed by atoms with Crippen LogP contribution in [0.15, 0.2) is 267 Å². The molecule has 8 aromatic heterocycles. The number of ether oxygens (including phenoxy) is 7.